The molecule has 0 rings (SSSR count). The SMILES string of the molecule is CCOCCCC(=O)CC[C@H](CC(=O)CCCCCCCCCCCCCCCCC(=O)O)C(=O)O. The minimum atomic E-state index is -0.985. The van der Waals surface area contributed by atoms with Crippen LogP contribution >= 0.6 is 0 Å². The summed E-state index contributed by atoms with van der Waals surface area (Å²) in [4.78, 5) is 46.1. The van der Waals surface area contributed by atoms with Crippen LogP contribution in [0.25, 0.3) is 0 Å². The molecule has 0 amide bonds. The molecule has 0 saturated carbocycles. The molecule has 210 valence electrons. The maximum absolute atomic E-state index is 12.2. The number of unbranched alkanes of at least 4 members (excludes halogenated alkanes) is 13. The van der Waals surface area contributed by atoms with Gasteiger partial charge in [0.25, 0.3) is 0 Å². The predicted octanol–water partition coefficient (Wildman–Crippen LogP) is 7.14. The van der Waals surface area contributed by atoms with Gasteiger partial charge in [-0.05, 0) is 32.6 Å². The minimum Gasteiger partial charge on any atom is -0.481 e. The van der Waals surface area contributed by atoms with E-state index in [0.717, 1.165) is 38.5 Å². The van der Waals surface area contributed by atoms with Crippen molar-refractivity contribution in [2.75, 3.05) is 13.2 Å². The highest BCUT2D eigenvalue weighted by Crippen LogP contribution is 2.17. The molecule has 0 bridgehead atoms. The molecule has 0 aliphatic heterocycles. The molecule has 2 N–H and O–H groups in total. The largest absolute Gasteiger partial charge is 0.481 e. The van der Waals surface area contributed by atoms with Gasteiger partial charge in [-0.2, -0.15) is 0 Å². The zero-order chi connectivity index (χ0) is 26.9. The maximum atomic E-state index is 12.2. The van der Waals surface area contributed by atoms with Crippen molar-refractivity contribution in [2.45, 2.75) is 142 Å². The molecule has 7 nitrogen and oxygen atoms in total. The number of carboxylic acid groups (broad SMARTS) is 2. The molecule has 0 aromatic carbocycles. The fraction of sp³-hybridized carbons (Fsp3) is 0.862. The van der Waals surface area contributed by atoms with Crippen molar-refractivity contribution in [3.05, 3.63) is 0 Å². The van der Waals surface area contributed by atoms with E-state index in [1.54, 1.807) is 0 Å². The van der Waals surface area contributed by atoms with E-state index in [-0.39, 0.29) is 30.8 Å². The maximum Gasteiger partial charge on any atom is 0.306 e. The monoisotopic (exact) mass is 512 g/mol. The second kappa shape index (κ2) is 24.9. The highest BCUT2D eigenvalue weighted by Gasteiger charge is 2.21. The van der Waals surface area contributed by atoms with E-state index >= 15 is 0 Å². The highest BCUT2D eigenvalue weighted by molar-refractivity contribution is 5.84. The number of rotatable bonds is 28. The Balaban J connectivity index is 3.60. The molecule has 1 atom stereocenters. The predicted molar refractivity (Wildman–Crippen MR) is 142 cm³/mol. The van der Waals surface area contributed by atoms with Crippen LogP contribution in [0.15, 0.2) is 0 Å². The lowest BCUT2D eigenvalue weighted by atomic mass is 9.93. The molecule has 0 aliphatic carbocycles. The van der Waals surface area contributed by atoms with Crippen molar-refractivity contribution in [1.82, 2.24) is 0 Å². The quantitative estimate of drug-likeness (QED) is 0.107. The summed E-state index contributed by atoms with van der Waals surface area (Å²) in [5.74, 6) is -2.41. The van der Waals surface area contributed by atoms with Gasteiger partial charge in [-0.25, -0.2) is 0 Å². The molecule has 0 saturated heterocycles. The normalized spacial score (nSPS) is 11.9. The second-order valence-corrected chi connectivity index (χ2v) is 10.00. The molecule has 0 heterocycles. The van der Waals surface area contributed by atoms with Gasteiger partial charge in [0.05, 0.1) is 5.92 Å². The fourth-order valence-corrected chi connectivity index (χ4v) is 4.39. The third kappa shape index (κ3) is 24.0. The smallest absolute Gasteiger partial charge is 0.306 e. The van der Waals surface area contributed by atoms with E-state index in [9.17, 15) is 24.3 Å². The number of ether oxygens (including phenoxy) is 1. The first-order valence-electron chi connectivity index (χ1n) is 14.4. The van der Waals surface area contributed by atoms with Crippen LogP contribution in [0.2, 0.25) is 0 Å². The minimum absolute atomic E-state index is 0.00641. The van der Waals surface area contributed by atoms with Crippen LogP contribution in [0.3, 0.4) is 0 Å². The third-order valence-electron chi connectivity index (χ3n) is 6.64. The molecule has 0 aromatic rings. The first-order valence-corrected chi connectivity index (χ1v) is 14.4. The highest BCUT2D eigenvalue weighted by atomic mass is 16.5. The van der Waals surface area contributed by atoms with Crippen LogP contribution in [-0.2, 0) is 23.9 Å². The first kappa shape index (κ1) is 34.2. The summed E-state index contributed by atoms with van der Waals surface area (Å²) in [6.45, 7) is 3.07. The average molecular weight is 513 g/mol. The Morgan fingerprint density at radius 3 is 1.47 bits per heavy atom. The Hall–Kier alpha value is -1.76. The first-order chi connectivity index (χ1) is 17.4. The van der Waals surface area contributed by atoms with Crippen molar-refractivity contribution in [2.24, 2.45) is 5.92 Å². The number of Topliss-reactive ketones (excluding diaryl/α,β-unsaturated/α-hetero) is 2. The van der Waals surface area contributed by atoms with Gasteiger partial charge in [-0.15, -0.1) is 0 Å². The summed E-state index contributed by atoms with van der Waals surface area (Å²) in [6.07, 6.45) is 18.1. The zero-order valence-electron chi connectivity index (χ0n) is 22.8. The van der Waals surface area contributed by atoms with Crippen LogP contribution in [0.1, 0.15) is 142 Å². The van der Waals surface area contributed by atoms with Crippen LogP contribution < -0.4 is 0 Å². The van der Waals surface area contributed by atoms with Gasteiger partial charge in [-0.3, -0.25) is 19.2 Å². The molecule has 0 aromatic heterocycles. The lowest BCUT2D eigenvalue weighted by Gasteiger charge is -2.11. The van der Waals surface area contributed by atoms with Crippen molar-refractivity contribution < 1.29 is 34.1 Å². The Morgan fingerprint density at radius 2 is 1.03 bits per heavy atom. The Morgan fingerprint density at radius 1 is 0.583 bits per heavy atom. The standard InChI is InChI=1S/C29H52O7/c1-2-36-23-17-19-26(30)22-21-25(29(34)35)24-27(31)18-15-13-11-9-7-5-3-4-6-8-10-12-14-16-20-28(32)33/h25H,2-24H2,1H3,(H,32,33)(H,34,35)/t25-/m1/s1. The lowest BCUT2D eigenvalue weighted by Crippen LogP contribution is -2.19. The number of carboxylic acids is 2. The van der Waals surface area contributed by atoms with Crippen LogP contribution in [0, 0.1) is 5.92 Å². The van der Waals surface area contributed by atoms with Crippen molar-refractivity contribution >= 4 is 23.5 Å². The molecule has 0 spiro atoms. The topological polar surface area (TPSA) is 118 Å². The summed E-state index contributed by atoms with van der Waals surface area (Å²) in [5, 5.41) is 18.0. The van der Waals surface area contributed by atoms with Crippen molar-refractivity contribution in [3.63, 3.8) is 0 Å². The molecule has 36 heavy (non-hydrogen) atoms. The number of ketones is 2. The molecule has 7 heteroatoms. The van der Waals surface area contributed by atoms with E-state index in [0.29, 0.717) is 38.9 Å². The van der Waals surface area contributed by atoms with Gasteiger partial charge in [-0.1, -0.05) is 77.0 Å². The number of aliphatic carboxylic acids is 2. The Labute approximate surface area is 218 Å². The zero-order valence-corrected chi connectivity index (χ0v) is 22.8. The summed E-state index contributed by atoms with van der Waals surface area (Å²) in [5.41, 5.74) is 0. The van der Waals surface area contributed by atoms with Crippen LogP contribution in [-0.4, -0.2) is 46.9 Å². The van der Waals surface area contributed by atoms with Crippen molar-refractivity contribution in [3.8, 4) is 0 Å². The summed E-state index contributed by atoms with van der Waals surface area (Å²) >= 11 is 0. The summed E-state index contributed by atoms with van der Waals surface area (Å²) < 4.78 is 5.21. The van der Waals surface area contributed by atoms with Gasteiger partial charge in [0, 0.05) is 45.3 Å². The number of hydrogen-bond acceptors (Lipinski definition) is 5. The third-order valence-corrected chi connectivity index (χ3v) is 6.64. The van der Waals surface area contributed by atoms with E-state index in [2.05, 4.69) is 0 Å². The molecule has 0 fully saturated rings. The van der Waals surface area contributed by atoms with Gasteiger partial charge < -0.3 is 14.9 Å². The fourth-order valence-electron chi connectivity index (χ4n) is 4.39. The number of carbonyl (C=O) groups excluding carboxylic acids is 2. The van der Waals surface area contributed by atoms with E-state index in [1.165, 1.54) is 51.4 Å². The van der Waals surface area contributed by atoms with E-state index in [1.807, 2.05) is 6.92 Å². The molecule has 0 radical (unpaired) electrons. The van der Waals surface area contributed by atoms with Gasteiger partial charge in [0.2, 0.25) is 0 Å². The van der Waals surface area contributed by atoms with Crippen LogP contribution in [0.4, 0.5) is 0 Å². The Bertz CT molecular complexity index is 588. The molecule has 0 unspecified atom stereocenters. The van der Waals surface area contributed by atoms with E-state index in [4.69, 9.17) is 9.84 Å². The summed E-state index contributed by atoms with van der Waals surface area (Å²) in [6, 6.07) is 0. The van der Waals surface area contributed by atoms with Gasteiger partial charge in [0.15, 0.2) is 0 Å². The molecule has 0 aliphatic rings. The second-order valence-electron chi connectivity index (χ2n) is 10.00. The molecular formula is C29H52O7. The average Bonchev–Trinajstić information content (AvgIpc) is 2.83. The Kier molecular flexibility index (Phi) is 23.7. The summed E-state index contributed by atoms with van der Waals surface area (Å²) in [7, 11) is 0. The van der Waals surface area contributed by atoms with Crippen molar-refractivity contribution in [1.29, 1.82) is 0 Å². The molecular weight excluding hydrogens is 460 g/mol. The lowest BCUT2D eigenvalue weighted by molar-refractivity contribution is -0.144. The number of hydrogen-bond donors (Lipinski definition) is 2. The van der Waals surface area contributed by atoms with Crippen LogP contribution in [0.5, 0.6) is 0 Å². The number of carbonyl (C=O) groups is 4. The van der Waals surface area contributed by atoms with Gasteiger partial charge >= 0.3 is 11.9 Å². The van der Waals surface area contributed by atoms with E-state index < -0.39 is 17.9 Å². The van der Waals surface area contributed by atoms with Gasteiger partial charge in [0.1, 0.15) is 11.6 Å².